The van der Waals surface area contributed by atoms with Crippen LogP contribution in [0, 0.1) is 0 Å². The van der Waals surface area contributed by atoms with Crippen LogP contribution in [0.25, 0.3) is 0 Å². The molecule has 2 aromatic rings. The monoisotopic (exact) mass is 474 g/mol. The molecule has 1 aromatic heterocycles. The van der Waals surface area contributed by atoms with Gasteiger partial charge in [0.15, 0.2) is 17.2 Å². The molecule has 10 nitrogen and oxygen atoms in total. The summed E-state index contributed by atoms with van der Waals surface area (Å²) in [5.41, 5.74) is 1.35. The predicted molar refractivity (Wildman–Crippen MR) is 124 cm³/mol. The van der Waals surface area contributed by atoms with Crippen molar-refractivity contribution in [2.75, 3.05) is 79.9 Å². The fraction of sp³-hybridized carbons (Fsp3) is 0.583. The number of morpholine rings is 2. The molecule has 4 rings (SSSR count). The smallest absolute Gasteiger partial charge is 0.275 e. The van der Waals surface area contributed by atoms with Gasteiger partial charge in [0.2, 0.25) is 5.89 Å². The quantitative estimate of drug-likeness (QED) is 0.508. The molecule has 0 bridgehead atoms. The van der Waals surface area contributed by atoms with Gasteiger partial charge in [-0.3, -0.25) is 14.6 Å². The Morgan fingerprint density at radius 1 is 1.03 bits per heavy atom. The lowest BCUT2D eigenvalue weighted by Gasteiger charge is -2.30. The van der Waals surface area contributed by atoms with E-state index in [2.05, 4.69) is 14.8 Å². The number of amides is 1. The number of carbonyl (C=O) groups excluding carboxylic acids is 1. The SMILES string of the molecule is COc1cccc(CN(CCN2CCOCC2)Cc2nc(C(=O)N3CCOCC3)co2)c1OC. The van der Waals surface area contributed by atoms with Gasteiger partial charge < -0.3 is 28.3 Å². The highest BCUT2D eigenvalue weighted by molar-refractivity contribution is 5.92. The minimum Gasteiger partial charge on any atom is -0.493 e. The van der Waals surface area contributed by atoms with E-state index in [4.69, 9.17) is 23.4 Å². The average molecular weight is 475 g/mol. The molecule has 3 heterocycles. The van der Waals surface area contributed by atoms with Crippen molar-refractivity contribution in [2.45, 2.75) is 13.1 Å². The molecule has 34 heavy (non-hydrogen) atoms. The van der Waals surface area contributed by atoms with Gasteiger partial charge in [0.25, 0.3) is 5.91 Å². The highest BCUT2D eigenvalue weighted by Crippen LogP contribution is 2.31. The van der Waals surface area contributed by atoms with Crippen LogP contribution in [0.3, 0.4) is 0 Å². The third-order valence-corrected chi connectivity index (χ3v) is 6.14. The summed E-state index contributed by atoms with van der Waals surface area (Å²) in [7, 11) is 3.29. The maximum absolute atomic E-state index is 12.8. The van der Waals surface area contributed by atoms with Gasteiger partial charge in [0.1, 0.15) is 6.26 Å². The van der Waals surface area contributed by atoms with Gasteiger partial charge in [0, 0.05) is 51.4 Å². The summed E-state index contributed by atoms with van der Waals surface area (Å²) in [5.74, 6) is 1.81. The first-order valence-electron chi connectivity index (χ1n) is 11.7. The molecule has 10 heteroatoms. The molecule has 2 aliphatic rings. The Labute approximate surface area is 200 Å². The first-order chi connectivity index (χ1) is 16.7. The second kappa shape index (κ2) is 12.2. The Morgan fingerprint density at radius 3 is 2.47 bits per heavy atom. The Morgan fingerprint density at radius 2 is 1.76 bits per heavy atom. The lowest BCUT2D eigenvalue weighted by atomic mass is 10.1. The zero-order valence-corrected chi connectivity index (χ0v) is 20.0. The molecule has 1 aromatic carbocycles. The van der Waals surface area contributed by atoms with Gasteiger partial charge in [-0.1, -0.05) is 12.1 Å². The topological polar surface area (TPSA) is 89.7 Å². The van der Waals surface area contributed by atoms with Gasteiger partial charge in [-0.05, 0) is 6.07 Å². The van der Waals surface area contributed by atoms with E-state index in [1.807, 2.05) is 18.2 Å². The van der Waals surface area contributed by atoms with E-state index < -0.39 is 0 Å². The van der Waals surface area contributed by atoms with Crippen molar-refractivity contribution in [3.8, 4) is 11.5 Å². The number of ether oxygens (including phenoxy) is 4. The lowest BCUT2D eigenvalue weighted by Crippen LogP contribution is -2.41. The van der Waals surface area contributed by atoms with Crippen LogP contribution >= 0.6 is 0 Å². The summed E-state index contributed by atoms with van der Waals surface area (Å²) in [5, 5.41) is 0. The van der Waals surface area contributed by atoms with Crippen LogP contribution in [-0.2, 0) is 22.6 Å². The third-order valence-electron chi connectivity index (χ3n) is 6.14. The second-order valence-corrected chi connectivity index (χ2v) is 8.35. The van der Waals surface area contributed by atoms with Crippen molar-refractivity contribution in [1.29, 1.82) is 0 Å². The van der Waals surface area contributed by atoms with E-state index >= 15 is 0 Å². The zero-order chi connectivity index (χ0) is 23.8. The number of methoxy groups -OCH3 is 2. The lowest BCUT2D eigenvalue weighted by molar-refractivity contribution is 0.0299. The van der Waals surface area contributed by atoms with Crippen LogP contribution in [0.1, 0.15) is 21.9 Å². The molecule has 1 amide bonds. The van der Waals surface area contributed by atoms with Crippen molar-refractivity contribution in [3.63, 3.8) is 0 Å². The Balaban J connectivity index is 1.47. The number of oxazole rings is 1. The van der Waals surface area contributed by atoms with Crippen LogP contribution in [0.15, 0.2) is 28.9 Å². The van der Waals surface area contributed by atoms with Crippen molar-refractivity contribution in [2.24, 2.45) is 0 Å². The van der Waals surface area contributed by atoms with Crippen LogP contribution < -0.4 is 9.47 Å². The number of nitrogens with zero attached hydrogens (tertiary/aromatic N) is 4. The van der Waals surface area contributed by atoms with E-state index in [-0.39, 0.29) is 5.91 Å². The maximum atomic E-state index is 12.8. The third kappa shape index (κ3) is 6.26. The van der Waals surface area contributed by atoms with Gasteiger partial charge in [-0.25, -0.2) is 4.98 Å². The molecule has 2 saturated heterocycles. The summed E-state index contributed by atoms with van der Waals surface area (Å²) in [4.78, 5) is 23.7. The van der Waals surface area contributed by atoms with Crippen LogP contribution in [0.4, 0.5) is 0 Å². The van der Waals surface area contributed by atoms with E-state index in [0.29, 0.717) is 56.7 Å². The van der Waals surface area contributed by atoms with Gasteiger partial charge in [-0.2, -0.15) is 0 Å². The van der Waals surface area contributed by atoms with Crippen molar-refractivity contribution in [1.82, 2.24) is 19.7 Å². The summed E-state index contributed by atoms with van der Waals surface area (Å²) in [6, 6.07) is 5.88. The standard InChI is InChI=1S/C24H34N4O6/c1-30-21-5-3-4-19(23(21)31-2)16-27(7-6-26-8-12-32-13-9-26)17-22-25-20(18-34-22)24(29)28-10-14-33-15-11-28/h3-5,18H,6-17H2,1-2H3. The molecule has 186 valence electrons. The molecule has 0 saturated carbocycles. The molecule has 2 fully saturated rings. The first kappa shape index (κ1) is 24.5. The van der Waals surface area contributed by atoms with E-state index in [1.165, 1.54) is 6.26 Å². The molecule has 0 atom stereocenters. The molecule has 0 unspecified atom stereocenters. The fourth-order valence-electron chi connectivity index (χ4n) is 4.24. The van der Waals surface area contributed by atoms with Crippen molar-refractivity contribution < 1.29 is 28.2 Å². The minimum absolute atomic E-state index is 0.118. The molecule has 2 aliphatic heterocycles. The van der Waals surface area contributed by atoms with Crippen LogP contribution in [0.5, 0.6) is 11.5 Å². The summed E-state index contributed by atoms with van der Waals surface area (Å²) in [6.45, 7) is 8.41. The average Bonchev–Trinajstić information content (AvgIpc) is 3.36. The number of benzene rings is 1. The zero-order valence-electron chi connectivity index (χ0n) is 20.0. The maximum Gasteiger partial charge on any atom is 0.275 e. The van der Waals surface area contributed by atoms with E-state index in [9.17, 15) is 4.79 Å². The first-order valence-corrected chi connectivity index (χ1v) is 11.7. The van der Waals surface area contributed by atoms with Crippen LogP contribution in [-0.4, -0.2) is 106 Å². The normalized spacial score (nSPS) is 17.2. The summed E-state index contributed by atoms with van der Waals surface area (Å²) >= 11 is 0. The van der Waals surface area contributed by atoms with E-state index in [1.54, 1.807) is 19.1 Å². The largest absolute Gasteiger partial charge is 0.493 e. The Bertz CT molecular complexity index is 924. The van der Waals surface area contributed by atoms with Gasteiger partial charge in [0.05, 0.1) is 47.2 Å². The second-order valence-electron chi connectivity index (χ2n) is 8.35. The van der Waals surface area contributed by atoms with Crippen molar-refractivity contribution in [3.05, 3.63) is 41.6 Å². The molecule has 0 radical (unpaired) electrons. The minimum atomic E-state index is -0.118. The predicted octanol–water partition coefficient (Wildman–Crippen LogP) is 1.50. The summed E-state index contributed by atoms with van der Waals surface area (Å²) in [6.07, 6.45) is 1.46. The van der Waals surface area contributed by atoms with Crippen LogP contribution in [0.2, 0.25) is 0 Å². The molecular formula is C24H34N4O6. The highest BCUT2D eigenvalue weighted by Gasteiger charge is 2.23. The summed E-state index contributed by atoms with van der Waals surface area (Å²) < 4.78 is 27.6. The molecule has 0 N–H and O–H groups in total. The Hall–Kier alpha value is -2.66. The number of carbonyl (C=O) groups is 1. The highest BCUT2D eigenvalue weighted by atomic mass is 16.5. The van der Waals surface area contributed by atoms with Gasteiger partial charge >= 0.3 is 0 Å². The van der Waals surface area contributed by atoms with Crippen molar-refractivity contribution >= 4 is 5.91 Å². The number of aromatic nitrogens is 1. The molecule has 0 spiro atoms. The number of para-hydroxylation sites is 1. The molecule has 0 aliphatic carbocycles. The molecular weight excluding hydrogens is 440 g/mol. The fourth-order valence-corrected chi connectivity index (χ4v) is 4.24. The number of hydrogen-bond acceptors (Lipinski definition) is 9. The van der Waals surface area contributed by atoms with Gasteiger partial charge in [-0.15, -0.1) is 0 Å². The van der Waals surface area contributed by atoms with E-state index in [0.717, 1.165) is 50.7 Å². The number of hydrogen-bond donors (Lipinski definition) is 0. The number of rotatable bonds is 10. The Kier molecular flexibility index (Phi) is 8.75.